The Kier molecular flexibility index (Phi) is 4.46. The van der Waals surface area contributed by atoms with Gasteiger partial charge < -0.3 is 10.2 Å². The second kappa shape index (κ2) is 6.13. The Labute approximate surface area is 119 Å². The molecule has 1 amide bonds. The summed E-state index contributed by atoms with van der Waals surface area (Å²) in [6.45, 7) is 1.21. The third-order valence-electron chi connectivity index (χ3n) is 3.63. The summed E-state index contributed by atoms with van der Waals surface area (Å²) < 4.78 is 27.1. The molecule has 1 N–H and O–H groups in total. The van der Waals surface area contributed by atoms with Gasteiger partial charge in [0.15, 0.2) is 0 Å². The first-order chi connectivity index (χ1) is 9.90. The van der Waals surface area contributed by atoms with E-state index in [1.54, 1.807) is 0 Å². The molecule has 1 unspecified atom stereocenters. The second-order valence-electron chi connectivity index (χ2n) is 5.03. The van der Waals surface area contributed by atoms with Crippen molar-refractivity contribution >= 4 is 11.6 Å². The van der Waals surface area contributed by atoms with Crippen LogP contribution in [0.2, 0.25) is 0 Å². The molecule has 114 valence electrons. The number of nitrogens with zero attached hydrogens (tertiary/aromatic N) is 2. The van der Waals surface area contributed by atoms with E-state index in [2.05, 4.69) is 10.2 Å². The van der Waals surface area contributed by atoms with Crippen LogP contribution in [0.15, 0.2) is 12.1 Å². The third-order valence-corrected chi connectivity index (χ3v) is 3.63. The monoisotopic (exact) mass is 299 g/mol. The Morgan fingerprint density at radius 3 is 2.81 bits per heavy atom. The van der Waals surface area contributed by atoms with E-state index in [1.807, 2.05) is 7.05 Å². The Morgan fingerprint density at radius 1 is 1.52 bits per heavy atom. The molecule has 1 heterocycles. The molecule has 0 aromatic heterocycles. The molecule has 0 bridgehead atoms. The van der Waals surface area contributed by atoms with Crippen LogP contribution in [0.3, 0.4) is 0 Å². The number of halogens is 2. The first-order valence-corrected chi connectivity index (χ1v) is 6.52. The minimum Gasteiger partial charge on any atom is -0.350 e. The van der Waals surface area contributed by atoms with Gasteiger partial charge in [-0.2, -0.15) is 4.39 Å². The first-order valence-electron chi connectivity index (χ1n) is 6.52. The van der Waals surface area contributed by atoms with Gasteiger partial charge in [0.25, 0.3) is 5.91 Å². The zero-order valence-electron chi connectivity index (χ0n) is 11.4. The standard InChI is InChI=1S/C13H15F2N3O3/c1-17-4-2-3-9(17)7-16-13(19)10-5-8(14)6-11(12(10)15)18(20)21/h5-6,9H,2-4,7H2,1H3,(H,16,19). The summed E-state index contributed by atoms with van der Waals surface area (Å²) in [7, 11) is 1.91. The van der Waals surface area contributed by atoms with E-state index in [9.17, 15) is 23.7 Å². The van der Waals surface area contributed by atoms with Gasteiger partial charge in [-0.1, -0.05) is 0 Å². The number of carbonyl (C=O) groups is 1. The molecule has 1 aromatic carbocycles. The molecule has 1 saturated heterocycles. The van der Waals surface area contributed by atoms with Gasteiger partial charge in [-0.3, -0.25) is 14.9 Å². The fraction of sp³-hybridized carbons (Fsp3) is 0.462. The van der Waals surface area contributed by atoms with Crippen molar-refractivity contribution in [2.45, 2.75) is 18.9 Å². The fourth-order valence-corrected chi connectivity index (χ4v) is 2.42. The number of hydrogen-bond acceptors (Lipinski definition) is 4. The van der Waals surface area contributed by atoms with E-state index in [4.69, 9.17) is 0 Å². The molecule has 0 saturated carbocycles. The number of hydrogen-bond donors (Lipinski definition) is 1. The lowest BCUT2D eigenvalue weighted by atomic mass is 10.1. The van der Waals surface area contributed by atoms with Crippen LogP contribution in [-0.4, -0.2) is 41.9 Å². The average molecular weight is 299 g/mol. The van der Waals surface area contributed by atoms with Gasteiger partial charge in [-0.05, 0) is 32.5 Å². The summed E-state index contributed by atoms with van der Waals surface area (Å²) in [6, 6.07) is 1.26. The number of nitrogens with one attached hydrogen (secondary N) is 1. The highest BCUT2D eigenvalue weighted by Gasteiger charge is 2.26. The Morgan fingerprint density at radius 2 is 2.24 bits per heavy atom. The molecule has 1 aliphatic rings. The SMILES string of the molecule is CN1CCCC1CNC(=O)c1cc(F)cc([N+](=O)[O-])c1F. The van der Waals surface area contributed by atoms with Crippen LogP contribution >= 0.6 is 0 Å². The largest absolute Gasteiger partial charge is 0.350 e. The first kappa shape index (κ1) is 15.3. The van der Waals surface area contributed by atoms with Gasteiger partial charge >= 0.3 is 5.69 Å². The molecule has 0 spiro atoms. The van der Waals surface area contributed by atoms with E-state index < -0.39 is 33.7 Å². The van der Waals surface area contributed by atoms with Crippen LogP contribution in [0.4, 0.5) is 14.5 Å². The van der Waals surface area contributed by atoms with Crippen LogP contribution < -0.4 is 5.32 Å². The minimum absolute atomic E-state index is 0.139. The maximum absolute atomic E-state index is 13.9. The lowest BCUT2D eigenvalue weighted by Crippen LogP contribution is -2.38. The average Bonchev–Trinajstić information content (AvgIpc) is 2.83. The summed E-state index contributed by atoms with van der Waals surface area (Å²) in [5, 5.41) is 13.1. The van der Waals surface area contributed by atoms with Crippen molar-refractivity contribution in [2.24, 2.45) is 0 Å². The van der Waals surface area contributed by atoms with Crippen LogP contribution in [0.1, 0.15) is 23.2 Å². The quantitative estimate of drug-likeness (QED) is 0.678. The van der Waals surface area contributed by atoms with Crippen molar-refractivity contribution in [2.75, 3.05) is 20.1 Å². The zero-order valence-corrected chi connectivity index (χ0v) is 11.4. The smallest absolute Gasteiger partial charge is 0.308 e. The van der Waals surface area contributed by atoms with E-state index in [0.717, 1.165) is 19.4 Å². The lowest BCUT2D eigenvalue weighted by Gasteiger charge is -2.19. The number of rotatable bonds is 4. The number of likely N-dealkylation sites (N-methyl/N-ethyl adjacent to an activating group) is 1. The number of amides is 1. The molecule has 8 heteroatoms. The topological polar surface area (TPSA) is 75.5 Å². The van der Waals surface area contributed by atoms with Gasteiger partial charge in [0.1, 0.15) is 5.82 Å². The molecule has 21 heavy (non-hydrogen) atoms. The molecule has 1 atom stereocenters. The molecule has 0 aliphatic carbocycles. The number of benzene rings is 1. The summed E-state index contributed by atoms with van der Waals surface area (Å²) in [5.41, 5.74) is -1.69. The molecule has 1 fully saturated rings. The summed E-state index contributed by atoms with van der Waals surface area (Å²) >= 11 is 0. The molecule has 1 aromatic rings. The molecule has 1 aliphatic heterocycles. The Bertz CT molecular complexity index is 580. The van der Waals surface area contributed by atoms with Crippen molar-refractivity contribution in [3.8, 4) is 0 Å². The van der Waals surface area contributed by atoms with Gasteiger partial charge in [0.05, 0.1) is 16.6 Å². The lowest BCUT2D eigenvalue weighted by molar-refractivity contribution is -0.387. The van der Waals surface area contributed by atoms with Crippen LogP contribution in [0.25, 0.3) is 0 Å². The zero-order chi connectivity index (χ0) is 15.6. The predicted octanol–water partition coefficient (Wildman–Crippen LogP) is 1.70. The van der Waals surface area contributed by atoms with Crippen molar-refractivity contribution in [1.82, 2.24) is 10.2 Å². The van der Waals surface area contributed by atoms with E-state index in [0.29, 0.717) is 18.7 Å². The van der Waals surface area contributed by atoms with E-state index >= 15 is 0 Å². The van der Waals surface area contributed by atoms with Crippen molar-refractivity contribution < 1.29 is 18.5 Å². The van der Waals surface area contributed by atoms with Crippen molar-refractivity contribution in [3.05, 3.63) is 39.4 Å². The molecular formula is C13H15F2N3O3. The van der Waals surface area contributed by atoms with Crippen molar-refractivity contribution in [3.63, 3.8) is 0 Å². The Hall–Kier alpha value is -2.09. The number of nitro groups is 1. The van der Waals surface area contributed by atoms with Crippen molar-refractivity contribution in [1.29, 1.82) is 0 Å². The molecular weight excluding hydrogens is 284 g/mol. The van der Waals surface area contributed by atoms with Crippen LogP contribution in [-0.2, 0) is 0 Å². The predicted molar refractivity (Wildman–Crippen MR) is 71.0 cm³/mol. The molecule has 0 radical (unpaired) electrons. The normalized spacial score (nSPS) is 18.7. The number of carbonyl (C=O) groups excluding carboxylic acids is 1. The Balaban J connectivity index is 2.13. The number of likely N-dealkylation sites (tertiary alicyclic amines) is 1. The van der Waals surface area contributed by atoms with Gasteiger partial charge in [0.2, 0.25) is 5.82 Å². The van der Waals surface area contributed by atoms with Gasteiger partial charge in [-0.25, -0.2) is 4.39 Å². The maximum Gasteiger partial charge on any atom is 0.308 e. The highest BCUT2D eigenvalue weighted by Crippen LogP contribution is 2.22. The van der Waals surface area contributed by atoms with E-state index in [1.165, 1.54) is 0 Å². The summed E-state index contributed by atoms with van der Waals surface area (Å²) in [4.78, 5) is 23.5. The summed E-state index contributed by atoms with van der Waals surface area (Å²) in [5.74, 6) is -3.19. The minimum atomic E-state index is -1.32. The molecule has 6 nitrogen and oxygen atoms in total. The van der Waals surface area contributed by atoms with Gasteiger partial charge in [-0.15, -0.1) is 0 Å². The maximum atomic E-state index is 13.9. The second-order valence-corrected chi connectivity index (χ2v) is 5.03. The highest BCUT2D eigenvalue weighted by molar-refractivity contribution is 5.95. The van der Waals surface area contributed by atoms with E-state index in [-0.39, 0.29) is 6.04 Å². The van der Waals surface area contributed by atoms with Gasteiger partial charge in [0, 0.05) is 12.6 Å². The highest BCUT2D eigenvalue weighted by atomic mass is 19.1. The fourth-order valence-electron chi connectivity index (χ4n) is 2.42. The van der Waals surface area contributed by atoms with Crippen LogP contribution in [0, 0.1) is 21.7 Å². The number of nitro benzene ring substituents is 1. The molecule has 2 rings (SSSR count). The summed E-state index contributed by atoms with van der Waals surface area (Å²) in [6.07, 6.45) is 1.92. The third kappa shape index (κ3) is 3.33. The van der Waals surface area contributed by atoms with Crippen LogP contribution in [0.5, 0.6) is 0 Å².